The molecule has 6 heteroatoms. The van der Waals surface area contributed by atoms with E-state index in [4.69, 9.17) is 15.9 Å². The Morgan fingerprint density at radius 2 is 2.00 bits per heavy atom. The number of halogens is 1. The van der Waals surface area contributed by atoms with Gasteiger partial charge in [-0.15, -0.1) is 0 Å². The Morgan fingerprint density at radius 1 is 1.25 bits per heavy atom. The summed E-state index contributed by atoms with van der Waals surface area (Å²) in [5, 5.41) is 0.821. The minimum atomic E-state index is -0.604. The average molecular weight is 327 g/mol. The number of hydrogen-bond acceptors (Lipinski definition) is 5. The molecule has 0 saturated heterocycles. The first-order chi connectivity index (χ1) is 11.4. The van der Waals surface area contributed by atoms with Crippen LogP contribution in [-0.2, 0) is 12.8 Å². The summed E-state index contributed by atoms with van der Waals surface area (Å²) in [6.45, 7) is 3.84. The fourth-order valence-corrected chi connectivity index (χ4v) is 2.88. The van der Waals surface area contributed by atoms with E-state index in [2.05, 4.69) is 4.98 Å². The number of anilines is 2. The van der Waals surface area contributed by atoms with Crippen LogP contribution in [0.3, 0.4) is 0 Å². The molecule has 124 valence electrons. The monoisotopic (exact) mass is 327 g/mol. The highest BCUT2D eigenvalue weighted by Crippen LogP contribution is 2.27. The maximum Gasteiger partial charge on any atom is 0.340 e. The van der Waals surface area contributed by atoms with Gasteiger partial charge in [-0.05, 0) is 42.2 Å². The van der Waals surface area contributed by atoms with Gasteiger partial charge in [-0.2, -0.15) is 0 Å². The van der Waals surface area contributed by atoms with Gasteiger partial charge in [0.05, 0.1) is 0 Å². The van der Waals surface area contributed by atoms with E-state index in [1.807, 2.05) is 19.9 Å². The van der Waals surface area contributed by atoms with Gasteiger partial charge in [0.15, 0.2) is 11.6 Å². The molecule has 24 heavy (non-hydrogen) atoms. The van der Waals surface area contributed by atoms with E-state index in [1.54, 1.807) is 6.07 Å². The van der Waals surface area contributed by atoms with Crippen LogP contribution >= 0.6 is 0 Å². The topological polar surface area (TPSA) is 95.1 Å². The van der Waals surface area contributed by atoms with Gasteiger partial charge in [0.1, 0.15) is 5.58 Å². The molecule has 0 aliphatic rings. The van der Waals surface area contributed by atoms with E-state index in [0.717, 1.165) is 16.5 Å². The number of nitrogens with two attached hydrogens (primary N) is 2. The normalized spacial score (nSPS) is 11.1. The minimum absolute atomic E-state index is 0.101. The maximum atomic E-state index is 14.1. The molecule has 3 aromatic rings. The van der Waals surface area contributed by atoms with Crippen molar-refractivity contribution in [1.82, 2.24) is 4.98 Å². The molecule has 3 rings (SSSR count). The van der Waals surface area contributed by atoms with Gasteiger partial charge in [-0.3, -0.25) is 0 Å². The second-order valence-electron chi connectivity index (χ2n) is 5.75. The molecule has 0 aliphatic carbocycles. The number of benzene rings is 1. The van der Waals surface area contributed by atoms with Gasteiger partial charge < -0.3 is 15.9 Å². The molecule has 0 saturated carbocycles. The number of aryl methyl sites for hydroxylation is 2. The SMILES string of the molecule is CCc1c(Cc2ccnc(N)c2F)c(=O)oc2cc(N)c(C)cc12. The van der Waals surface area contributed by atoms with Gasteiger partial charge in [-0.1, -0.05) is 6.92 Å². The zero-order valence-electron chi connectivity index (χ0n) is 13.5. The molecular weight excluding hydrogens is 309 g/mol. The van der Waals surface area contributed by atoms with Crippen molar-refractivity contribution in [2.45, 2.75) is 26.7 Å². The molecule has 0 aliphatic heterocycles. The molecule has 5 nitrogen and oxygen atoms in total. The quantitative estimate of drug-likeness (QED) is 0.569. The van der Waals surface area contributed by atoms with Crippen molar-refractivity contribution in [3.63, 3.8) is 0 Å². The summed E-state index contributed by atoms with van der Waals surface area (Å²) in [6.07, 6.45) is 2.14. The number of nitrogens with zero attached hydrogens (tertiary/aromatic N) is 1. The molecule has 0 unspecified atom stereocenters. The molecule has 0 spiro atoms. The summed E-state index contributed by atoms with van der Waals surface area (Å²) in [6, 6.07) is 5.07. The number of pyridine rings is 1. The Kier molecular flexibility index (Phi) is 3.97. The van der Waals surface area contributed by atoms with Crippen molar-refractivity contribution in [3.05, 3.63) is 62.9 Å². The zero-order valence-corrected chi connectivity index (χ0v) is 13.5. The van der Waals surface area contributed by atoms with Crippen molar-refractivity contribution in [3.8, 4) is 0 Å². The van der Waals surface area contributed by atoms with Crippen LogP contribution in [0, 0.1) is 12.7 Å². The van der Waals surface area contributed by atoms with Gasteiger partial charge >= 0.3 is 5.63 Å². The Morgan fingerprint density at radius 3 is 2.71 bits per heavy atom. The minimum Gasteiger partial charge on any atom is -0.422 e. The predicted molar refractivity (Wildman–Crippen MR) is 92.4 cm³/mol. The number of fused-ring (bicyclic) bond motifs is 1. The fraction of sp³-hybridized carbons (Fsp3) is 0.222. The summed E-state index contributed by atoms with van der Waals surface area (Å²) < 4.78 is 19.6. The van der Waals surface area contributed by atoms with Crippen LogP contribution in [0.15, 0.2) is 33.6 Å². The first-order valence-corrected chi connectivity index (χ1v) is 7.65. The molecule has 2 heterocycles. The van der Waals surface area contributed by atoms with E-state index in [-0.39, 0.29) is 12.2 Å². The van der Waals surface area contributed by atoms with Crippen LogP contribution in [0.25, 0.3) is 11.0 Å². The largest absolute Gasteiger partial charge is 0.422 e. The molecule has 2 aromatic heterocycles. The summed E-state index contributed by atoms with van der Waals surface area (Å²) >= 11 is 0. The molecule has 0 fully saturated rings. The van der Waals surface area contributed by atoms with Crippen molar-refractivity contribution >= 4 is 22.5 Å². The van der Waals surface area contributed by atoms with Crippen LogP contribution in [0.5, 0.6) is 0 Å². The standard InChI is InChI=1S/C18H18FN3O2/c1-3-11-12-6-9(2)14(20)8-15(12)24-18(23)13(11)7-10-4-5-22-17(21)16(10)19/h4-6,8H,3,7,20H2,1-2H3,(H2,21,22). The highest BCUT2D eigenvalue weighted by atomic mass is 19.1. The van der Waals surface area contributed by atoms with E-state index in [0.29, 0.717) is 28.8 Å². The van der Waals surface area contributed by atoms with Crippen LogP contribution in [-0.4, -0.2) is 4.98 Å². The molecule has 0 amide bonds. The van der Waals surface area contributed by atoms with Crippen molar-refractivity contribution in [2.24, 2.45) is 0 Å². The fourth-order valence-electron chi connectivity index (χ4n) is 2.88. The number of rotatable bonds is 3. The first-order valence-electron chi connectivity index (χ1n) is 7.65. The Hall–Kier alpha value is -2.89. The molecule has 1 aromatic carbocycles. The third-order valence-electron chi connectivity index (χ3n) is 4.22. The highest BCUT2D eigenvalue weighted by molar-refractivity contribution is 5.85. The molecule has 0 radical (unpaired) electrons. The Bertz CT molecular complexity index is 996. The lowest BCUT2D eigenvalue weighted by molar-refractivity contribution is 0.548. The number of nitrogen functional groups attached to an aromatic ring is 2. The summed E-state index contributed by atoms with van der Waals surface area (Å²) in [5.74, 6) is -0.785. The van der Waals surface area contributed by atoms with Crippen LogP contribution in [0.4, 0.5) is 15.9 Å². The third kappa shape index (κ3) is 2.60. The zero-order chi connectivity index (χ0) is 17.4. The van der Waals surface area contributed by atoms with Gasteiger partial charge in [0.2, 0.25) is 0 Å². The van der Waals surface area contributed by atoms with Crippen LogP contribution < -0.4 is 17.1 Å². The second-order valence-corrected chi connectivity index (χ2v) is 5.75. The van der Waals surface area contributed by atoms with E-state index >= 15 is 0 Å². The lowest BCUT2D eigenvalue weighted by Crippen LogP contribution is -2.14. The van der Waals surface area contributed by atoms with E-state index in [1.165, 1.54) is 12.3 Å². The van der Waals surface area contributed by atoms with E-state index < -0.39 is 11.4 Å². The van der Waals surface area contributed by atoms with Crippen molar-refractivity contribution < 1.29 is 8.81 Å². The summed E-state index contributed by atoms with van der Waals surface area (Å²) in [7, 11) is 0. The smallest absolute Gasteiger partial charge is 0.340 e. The summed E-state index contributed by atoms with van der Waals surface area (Å²) in [5.41, 5.74) is 14.4. The molecular formula is C18H18FN3O2. The van der Waals surface area contributed by atoms with Crippen molar-refractivity contribution in [1.29, 1.82) is 0 Å². The van der Waals surface area contributed by atoms with E-state index in [9.17, 15) is 9.18 Å². The third-order valence-corrected chi connectivity index (χ3v) is 4.22. The predicted octanol–water partition coefficient (Wildman–Crippen LogP) is 2.95. The first kappa shape index (κ1) is 16.0. The number of aromatic nitrogens is 1. The van der Waals surface area contributed by atoms with Crippen molar-refractivity contribution in [2.75, 3.05) is 11.5 Å². The molecule has 0 atom stereocenters. The summed E-state index contributed by atoms with van der Waals surface area (Å²) in [4.78, 5) is 16.1. The Labute approximate surface area is 138 Å². The lowest BCUT2D eigenvalue weighted by Gasteiger charge is -2.12. The number of hydrogen-bond donors (Lipinski definition) is 2. The van der Waals surface area contributed by atoms with Gasteiger partial charge in [-0.25, -0.2) is 14.2 Å². The average Bonchev–Trinajstić information content (AvgIpc) is 2.54. The molecule has 4 N–H and O–H groups in total. The van der Waals surface area contributed by atoms with Gasteiger partial charge in [0, 0.05) is 35.3 Å². The van der Waals surface area contributed by atoms with Crippen LogP contribution in [0.1, 0.15) is 29.2 Å². The maximum absolute atomic E-state index is 14.1. The second kappa shape index (κ2) is 5.96. The molecule has 0 bridgehead atoms. The lowest BCUT2D eigenvalue weighted by atomic mass is 9.96. The highest BCUT2D eigenvalue weighted by Gasteiger charge is 2.17. The van der Waals surface area contributed by atoms with Gasteiger partial charge in [0.25, 0.3) is 0 Å². The Balaban J connectivity index is 2.24. The van der Waals surface area contributed by atoms with Crippen LogP contribution in [0.2, 0.25) is 0 Å².